The molecule has 3 heterocycles. The van der Waals surface area contributed by atoms with Crippen LogP contribution in [-0.2, 0) is 6.54 Å². The van der Waals surface area contributed by atoms with E-state index < -0.39 is 0 Å². The van der Waals surface area contributed by atoms with Gasteiger partial charge in [0, 0.05) is 38.9 Å². The van der Waals surface area contributed by atoms with E-state index in [0.717, 1.165) is 49.9 Å². The molecule has 26 heavy (non-hydrogen) atoms. The first-order chi connectivity index (χ1) is 12.7. The second-order valence-electron chi connectivity index (χ2n) is 6.87. The van der Waals surface area contributed by atoms with Gasteiger partial charge in [-0.05, 0) is 31.5 Å². The summed E-state index contributed by atoms with van der Waals surface area (Å²) in [5.74, 6) is 0.877. The van der Waals surface area contributed by atoms with Gasteiger partial charge in [-0.15, -0.1) is 0 Å². The molecule has 1 aliphatic heterocycles. The van der Waals surface area contributed by atoms with Crippen LogP contribution in [0.4, 0.5) is 5.69 Å². The molecule has 5 nitrogen and oxygen atoms in total. The summed E-state index contributed by atoms with van der Waals surface area (Å²) in [7, 11) is 0. The second-order valence-corrected chi connectivity index (χ2v) is 6.87. The van der Waals surface area contributed by atoms with Crippen LogP contribution in [0.1, 0.15) is 17.0 Å². The number of benzene rings is 1. The van der Waals surface area contributed by atoms with E-state index in [9.17, 15) is 0 Å². The summed E-state index contributed by atoms with van der Waals surface area (Å²) in [6, 6.07) is 16.7. The standard InChI is InChI=1S/C21H25N5/c1-17-21(18(2)26(23-17)20-10-6-7-11-22-20)25-14-12-24(13-15-25)16-19-8-4-3-5-9-19/h3-11H,12-16H2,1-2H3. The van der Waals surface area contributed by atoms with Gasteiger partial charge in [-0.3, -0.25) is 4.90 Å². The van der Waals surface area contributed by atoms with E-state index in [0.29, 0.717) is 0 Å². The molecule has 0 bridgehead atoms. The first kappa shape index (κ1) is 16.8. The average Bonchev–Trinajstić information content (AvgIpc) is 2.98. The van der Waals surface area contributed by atoms with Gasteiger partial charge in [0.15, 0.2) is 5.82 Å². The molecular weight excluding hydrogens is 322 g/mol. The molecule has 5 heteroatoms. The van der Waals surface area contributed by atoms with Crippen LogP contribution in [0.5, 0.6) is 0 Å². The number of piperazine rings is 1. The molecule has 0 amide bonds. The van der Waals surface area contributed by atoms with Gasteiger partial charge in [-0.1, -0.05) is 36.4 Å². The summed E-state index contributed by atoms with van der Waals surface area (Å²) in [5, 5.41) is 4.74. The van der Waals surface area contributed by atoms with Crippen molar-refractivity contribution in [3.8, 4) is 5.82 Å². The normalized spacial score (nSPS) is 15.4. The van der Waals surface area contributed by atoms with E-state index in [4.69, 9.17) is 5.10 Å². The highest BCUT2D eigenvalue weighted by Gasteiger charge is 2.23. The van der Waals surface area contributed by atoms with Crippen molar-refractivity contribution in [3.63, 3.8) is 0 Å². The topological polar surface area (TPSA) is 37.2 Å². The minimum absolute atomic E-state index is 0.877. The lowest BCUT2D eigenvalue weighted by molar-refractivity contribution is 0.249. The zero-order valence-corrected chi connectivity index (χ0v) is 15.5. The molecule has 1 aromatic carbocycles. The third kappa shape index (κ3) is 3.35. The van der Waals surface area contributed by atoms with Crippen molar-refractivity contribution in [1.29, 1.82) is 0 Å². The predicted molar refractivity (Wildman–Crippen MR) is 105 cm³/mol. The van der Waals surface area contributed by atoms with Crippen molar-refractivity contribution in [2.75, 3.05) is 31.1 Å². The van der Waals surface area contributed by atoms with E-state index in [1.54, 1.807) is 0 Å². The summed E-state index contributed by atoms with van der Waals surface area (Å²) in [6.07, 6.45) is 1.81. The molecule has 0 N–H and O–H groups in total. The van der Waals surface area contributed by atoms with E-state index >= 15 is 0 Å². The fourth-order valence-corrected chi connectivity index (χ4v) is 3.77. The van der Waals surface area contributed by atoms with Crippen molar-refractivity contribution in [2.24, 2.45) is 0 Å². The lowest BCUT2D eigenvalue weighted by atomic mass is 10.2. The van der Waals surface area contributed by atoms with E-state index in [1.165, 1.54) is 11.3 Å². The molecule has 4 rings (SSSR count). The average molecular weight is 347 g/mol. The van der Waals surface area contributed by atoms with Crippen LogP contribution in [0.3, 0.4) is 0 Å². The summed E-state index contributed by atoms with van der Waals surface area (Å²) in [4.78, 5) is 9.44. The second kappa shape index (κ2) is 7.30. The molecule has 0 aliphatic carbocycles. The van der Waals surface area contributed by atoms with Gasteiger partial charge >= 0.3 is 0 Å². The first-order valence-electron chi connectivity index (χ1n) is 9.21. The Kier molecular flexibility index (Phi) is 4.71. The van der Waals surface area contributed by atoms with Crippen molar-refractivity contribution in [2.45, 2.75) is 20.4 Å². The van der Waals surface area contributed by atoms with E-state index in [-0.39, 0.29) is 0 Å². The SMILES string of the molecule is Cc1nn(-c2ccccn2)c(C)c1N1CCN(Cc2ccccc2)CC1. The molecule has 0 radical (unpaired) electrons. The van der Waals surface area contributed by atoms with Crippen molar-refractivity contribution in [1.82, 2.24) is 19.7 Å². The third-order valence-corrected chi connectivity index (χ3v) is 5.06. The smallest absolute Gasteiger partial charge is 0.153 e. The van der Waals surface area contributed by atoms with E-state index in [1.807, 2.05) is 29.1 Å². The zero-order valence-electron chi connectivity index (χ0n) is 15.5. The van der Waals surface area contributed by atoms with Crippen molar-refractivity contribution >= 4 is 5.69 Å². The molecule has 2 aromatic heterocycles. The summed E-state index contributed by atoms with van der Waals surface area (Å²) in [6.45, 7) is 9.47. The maximum Gasteiger partial charge on any atom is 0.153 e. The number of aromatic nitrogens is 3. The molecule has 0 unspecified atom stereocenters. The van der Waals surface area contributed by atoms with Crippen molar-refractivity contribution in [3.05, 3.63) is 71.7 Å². The quantitative estimate of drug-likeness (QED) is 0.726. The van der Waals surface area contributed by atoms with Crippen molar-refractivity contribution < 1.29 is 0 Å². The Labute approximate surface area is 154 Å². The Balaban J connectivity index is 1.47. The number of hydrogen-bond acceptors (Lipinski definition) is 4. The largest absolute Gasteiger partial charge is 0.366 e. The number of anilines is 1. The minimum atomic E-state index is 0.877. The summed E-state index contributed by atoms with van der Waals surface area (Å²) >= 11 is 0. The van der Waals surface area contributed by atoms with Gasteiger partial charge in [0.25, 0.3) is 0 Å². The van der Waals surface area contributed by atoms with Crippen LogP contribution >= 0.6 is 0 Å². The van der Waals surface area contributed by atoms with Gasteiger partial charge < -0.3 is 4.90 Å². The number of nitrogens with zero attached hydrogens (tertiary/aromatic N) is 5. The monoisotopic (exact) mass is 347 g/mol. The number of hydrogen-bond donors (Lipinski definition) is 0. The molecule has 0 spiro atoms. The van der Waals surface area contributed by atoms with Gasteiger partial charge in [-0.2, -0.15) is 5.10 Å². The number of rotatable bonds is 4. The molecule has 1 fully saturated rings. The van der Waals surface area contributed by atoms with Gasteiger partial charge in [0.2, 0.25) is 0 Å². The maximum atomic E-state index is 4.74. The number of aryl methyl sites for hydroxylation is 1. The lowest BCUT2D eigenvalue weighted by Gasteiger charge is -2.36. The van der Waals surface area contributed by atoms with Gasteiger partial charge in [0.1, 0.15) is 0 Å². The van der Waals surface area contributed by atoms with Crippen LogP contribution in [0.2, 0.25) is 0 Å². The first-order valence-corrected chi connectivity index (χ1v) is 9.21. The van der Waals surface area contributed by atoms with Gasteiger partial charge in [-0.25, -0.2) is 9.67 Å². The van der Waals surface area contributed by atoms with Crippen LogP contribution in [-0.4, -0.2) is 45.8 Å². The highest BCUT2D eigenvalue weighted by molar-refractivity contribution is 5.56. The third-order valence-electron chi connectivity index (χ3n) is 5.06. The Bertz CT molecular complexity index is 849. The summed E-state index contributed by atoms with van der Waals surface area (Å²) < 4.78 is 1.96. The van der Waals surface area contributed by atoms with Gasteiger partial charge in [0.05, 0.1) is 17.1 Å². The Morgan fingerprint density at radius 3 is 2.31 bits per heavy atom. The Morgan fingerprint density at radius 1 is 0.885 bits per heavy atom. The molecule has 134 valence electrons. The highest BCUT2D eigenvalue weighted by Crippen LogP contribution is 2.27. The minimum Gasteiger partial charge on any atom is -0.366 e. The van der Waals surface area contributed by atoms with E-state index in [2.05, 4.69) is 59.0 Å². The zero-order chi connectivity index (χ0) is 17.9. The molecule has 1 saturated heterocycles. The molecule has 3 aromatic rings. The fourth-order valence-electron chi connectivity index (χ4n) is 3.77. The Morgan fingerprint density at radius 2 is 1.62 bits per heavy atom. The van der Waals surface area contributed by atoms with Crippen LogP contribution in [0, 0.1) is 13.8 Å². The lowest BCUT2D eigenvalue weighted by Crippen LogP contribution is -2.46. The van der Waals surface area contributed by atoms with Crippen LogP contribution in [0.15, 0.2) is 54.7 Å². The fraction of sp³-hybridized carbons (Fsp3) is 0.333. The molecule has 1 aliphatic rings. The highest BCUT2D eigenvalue weighted by atomic mass is 15.4. The molecule has 0 saturated carbocycles. The van der Waals surface area contributed by atoms with Crippen LogP contribution < -0.4 is 4.90 Å². The number of pyridine rings is 1. The predicted octanol–water partition coefficient (Wildman–Crippen LogP) is 3.21. The molecule has 0 atom stereocenters. The molecular formula is C21H25N5. The Hall–Kier alpha value is -2.66. The maximum absolute atomic E-state index is 4.74. The van der Waals surface area contributed by atoms with Crippen LogP contribution in [0.25, 0.3) is 5.82 Å². The summed E-state index contributed by atoms with van der Waals surface area (Å²) in [5.41, 5.74) is 4.88.